The number of esters is 1. The predicted molar refractivity (Wildman–Crippen MR) is 61.2 cm³/mol. The zero-order chi connectivity index (χ0) is 14.3. The van der Waals surface area contributed by atoms with E-state index in [1.54, 1.807) is 13.8 Å². The maximum atomic E-state index is 11.0. The standard InChI is InChI=1S/C10H19N3O5/c1-7(2)8(14)17-6-18-12-11-13(5)10(3,4)9(15)16/h7H,6H2,1-5H3,(H,15,16). The first-order valence-corrected chi connectivity index (χ1v) is 5.36. The summed E-state index contributed by atoms with van der Waals surface area (Å²) in [5.74, 6) is -1.71. The molecule has 0 saturated heterocycles. The Morgan fingerprint density at radius 1 is 1.39 bits per heavy atom. The highest BCUT2D eigenvalue weighted by Gasteiger charge is 2.32. The summed E-state index contributed by atoms with van der Waals surface area (Å²) in [6.45, 7) is 5.95. The number of hydrogen-bond acceptors (Lipinski definition) is 6. The monoisotopic (exact) mass is 261 g/mol. The van der Waals surface area contributed by atoms with Gasteiger partial charge in [-0.15, -0.1) is 0 Å². The van der Waals surface area contributed by atoms with Gasteiger partial charge in [0.05, 0.1) is 5.92 Å². The Morgan fingerprint density at radius 3 is 2.39 bits per heavy atom. The van der Waals surface area contributed by atoms with Crippen molar-refractivity contribution in [2.75, 3.05) is 13.8 Å². The zero-order valence-corrected chi connectivity index (χ0v) is 11.2. The molecule has 0 amide bonds. The molecule has 18 heavy (non-hydrogen) atoms. The van der Waals surface area contributed by atoms with E-state index in [-0.39, 0.29) is 12.7 Å². The molecule has 0 fully saturated rings. The third-order valence-corrected chi connectivity index (χ3v) is 2.29. The number of carbonyl (C=O) groups is 2. The van der Waals surface area contributed by atoms with E-state index in [0.717, 1.165) is 5.01 Å². The third-order valence-electron chi connectivity index (χ3n) is 2.29. The maximum Gasteiger partial charge on any atom is 0.330 e. The van der Waals surface area contributed by atoms with Gasteiger partial charge in [-0.25, -0.2) is 4.79 Å². The molecule has 0 spiro atoms. The van der Waals surface area contributed by atoms with Crippen LogP contribution in [0.1, 0.15) is 27.7 Å². The lowest BCUT2D eigenvalue weighted by Gasteiger charge is -2.26. The summed E-state index contributed by atoms with van der Waals surface area (Å²) >= 11 is 0. The number of carboxylic acid groups (broad SMARTS) is 1. The Labute approximate surface area is 105 Å². The van der Waals surface area contributed by atoms with E-state index >= 15 is 0 Å². The number of nitrogens with zero attached hydrogens (tertiary/aromatic N) is 3. The van der Waals surface area contributed by atoms with Crippen molar-refractivity contribution >= 4 is 11.9 Å². The molecule has 0 saturated carbocycles. The van der Waals surface area contributed by atoms with Crippen LogP contribution >= 0.6 is 0 Å². The smallest absolute Gasteiger partial charge is 0.330 e. The Kier molecular flexibility index (Phi) is 6.07. The van der Waals surface area contributed by atoms with Gasteiger partial charge in [-0.1, -0.05) is 13.8 Å². The van der Waals surface area contributed by atoms with E-state index in [9.17, 15) is 9.59 Å². The molecule has 0 unspecified atom stereocenters. The van der Waals surface area contributed by atoms with E-state index in [4.69, 9.17) is 5.11 Å². The minimum Gasteiger partial charge on any atom is -0.479 e. The van der Waals surface area contributed by atoms with Crippen molar-refractivity contribution in [3.05, 3.63) is 0 Å². The van der Waals surface area contributed by atoms with Gasteiger partial charge in [-0.05, 0) is 19.1 Å². The Bertz CT molecular complexity index is 327. The molecule has 0 rings (SSSR count). The van der Waals surface area contributed by atoms with Crippen LogP contribution in [0.15, 0.2) is 10.5 Å². The van der Waals surface area contributed by atoms with Crippen molar-refractivity contribution in [3.8, 4) is 0 Å². The largest absolute Gasteiger partial charge is 0.479 e. The average molecular weight is 261 g/mol. The Balaban J connectivity index is 4.04. The minimum atomic E-state index is -1.21. The summed E-state index contributed by atoms with van der Waals surface area (Å²) in [5.41, 5.74) is -1.21. The topological polar surface area (TPSA) is 101 Å². The number of ether oxygens (including phenoxy) is 1. The van der Waals surface area contributed by atoms with Crippen LogP contribution in [-0.2, 0) is 19.2 Å². The van der Waals surface area contributed by atoms with Crippen LogP contribution < -0.4 is 0 Å². The average Bonchev–Trinajstić information content (AvgIpc) is 2.27. The predicted octanol–water partition coefficient (Wildman–Crippen LogP) is 1.24. The number of aliphatic carboxylic acids is 1. The van der Waals surface area contributed by atoms with Gasteiger partial charge in [-0.2, -0.15) is 0 Å². The Morgan fingerprint density at radius 2 is 1.94 bits per heavy atom. The molecular weight excluding hydrogens is 242 g/mol. The molecular formula is C10H19N3O5. The lowest BCUT2D eigenvalue weighted by atomic mass is 10.1. The lowest BCUT2D eigenvalue weighted by molar-refractivity contribution is -0.161. The van der Waals surface area contributed by atoms with Gasteiger partial charge in [0.25, 0.3) is 6.79 Å². The fourth-order valence-electron chi connectivity index (χ4n) is 0.605. The summed E-state index contributed by atoms with van der Waals surface area (Å²) in [6, 6.07) is 0. The molecule has 0 atom stereocenters. The molecule has 0 bridgehead atoms. The van der Waals surface area contributed by atoms with Crippen LogP contribution in [0.5, 0.6) is 0 Å². The minimum absolute atomic E-state index is 0.251. The molecule has 0 aromatic heterocycles. The summed E-state index contributed by atoms with van der Waals surface area (Å²) in [6.07, 6.45) is 0. The van der Waals surface area contributed by atoms with Gasteiger partial charge >= 0.3 is 11.9 Å². The molecule has 0 radical (unpaired) electrons. The van der Waals surface area contributed by atoms with E-state index in [0.29, 0.717) is 0 Å². The maximum absolute atomic E-state index is 11.0. The molecule has 0 aromatic rings. The fourth-order valence-corrected chi connectivity index (χ4v) is 0.605. The van der Waals surface area contributed by atoms with Crippen LogP contribution in [0.2, 0.25) is 0 Å². The van der Waals surface area contributed by atoms with Gasteiger partial charge in [-0.3, -0.25) is 9.80 Å². The zero-order valence-electron chi connectivity index (χ0n) is 11.2. The highest BCUT2D eigenvalue weighted by atomic mass is 16.8. The van der Waals surface area contributed by atoms with Gasteiger partial charge < -0.3 is 14.7 Å². The van der Waals surface area contributed by atoms with Crippen molar-refractivity contribution in [1.82, 2.24) is 5.01 Å². The molecule has 0 aliphatic rings. The van der Waals surface area contributed by atoms with Gasteiger partial charge in [0, 0.05) is 12.3 Å². The second kappa shape index (κ2) is 6.77. The highest BCUT2D eigenvalue weighted by molar-refractivity contribution is 5.77. The summed E-state index contributed by atoms with van der Waals surface area (Å²) < 4.78 is 4.67. The van der Waals surface area contributed by atoms with Crippen molar-refractivity contribution in [3.63, 3.8) is 0 Å². The molecule has 0 aromatic carbocycles. The normalized spacial score (nSPS) is 11.7. The first kappa shape index (κ1) is 16.1. The van der Waals surface area contributed by atoms with Crippen LogP contribution in [0, 0.1) is 5.92 Å². The second-order valence-corrected chi connectivity index (χ2v) is 4.42. The van der Waals surface area contributed by atoms with Crippen LogP contribution in [0.25, 0.3) is 0 Å². The Hall–Kier alpha value is -1.86. The fraction of sp³-hybridized carbons (Fsp3) is 0.800. The SMILES string of the molecule is CC(C)C(=O)OCON=NN(C)C(C)(C)C(=O)O. The van der Waals surface area contributed by atoms with Gasteiger partial charge in [0.15, 0.2) is 5.54 Å². The number of carbonyl (C=O) groups excluding carboxylic acids is 1. The molecule has 8 nitrogen and oxygen atoms in total. The number of hydrogen-bond donors (Lipinski definition) is 1. The van der Waals surface area contributed by atoms with Crippen LogP contribution in [0.3, 0.4) is 0 Å². The third kappa shape index (κ3) is 4.98. The van der Waals surface area contributed by atoms with E-state index < -0.39 is 17.5 Å². The molecule has 8 heteroatoms. The molecule has 0 aliphatic carbocycles. The van der Waals surface area contributed by atoms with E-state index in [2.05, 4.69) is 20.1 Å². The number of rotatable bonds is 7. The van der Waals surface area contributed by atoms with Crippen LogP contribution in [0.4, 0.5) is 0 Å². The summed E-state index contributed by atoms with van der Waals surface area (Å²) in [7, 11) is 1.45. The number of carboxylic acids is 1. The molecule has 104 valence electrons. The second-order valence-electron chi connectivity index (χ2n) is 4.42. The van der Waals surface area contributed by atoms with Gasteiger partial charge in [0.1, 0.15) is 0 Å². The summed E-state index contributed by atoms with van der Waals surface area (Å²) in [4.78, 5) is 26.5. The first-order valence-electron chi connectivity index (χ1n) is 5.36. The van der Waals surface area contributed by atoms with Crippen molar-refractivity contribution in [2.45, 2.75) is 33.2 Å². The van der Waals surface area contributed by atoms with Crippen molar-refractivity contribution in [1.29, 1.82) is 0 Å². The lowest BCUT2D eigenvalue weighted by Crippen LogP contribution is -2.44. The van der Waals surface area contributed by atoms with E-state index in [1.165, 1.54) is 20.9 Å². The number of likely N-dealkylation sites (N-methyl/N-ethyl adjacent to an activating group) is 1. The molecule has 1 N–H and O–H groups in total. The van der Waals surface area contributed by atoms with Crippen LogP contribution in [-0.4, -0.2) is 41.4 Å². The summed E-state index contributed by atoms with van der Waals surface area (Å²) in [5, 5.41) is 16.8. The highest BCUT2D eigenvalue weighted by Crippen LogP contribution is 2.12. The van der Waals surface area contributed by atoms with Crippen molar-refractivity contribution < 1.29 is 24.3 Å². The van der Waals surface area contributed by atoms with E-state index in [1.807, 2.05) is 0 Å². The molecule has 0 aliphatic heterocycles. The quantitative estimate of drug-likeness (QED) is 0.243. The van der Waals surface area contributed by atoms with Crippen molar-refractivity contribution in [2.24, 2.45) is 16.4 Å². The molecule has 0 heterocycles. The van der Waals surface area contributed by atoms with Gasteiger partial charge in [0.2, 0.25) is 0 Å². The first-order chi connectivity index (χ1) is 8.19.